The molecule has 0 fully saturated rings. The average Bonchev–Trinajstić information content (AvgIpc) is 2.38. The van der Waals surface area contributed by atoms with E-state index in [1.807, 2.05) is 24.3 Å². The van der Waals surface area contributed by atoms with Gasteiger partial charge in [0, 0.05) is 6.04 Å². The van der Waals surface area contributed by atoms with Gasteiger partial charge in [0.15, 0.2) is 0 Å². The van der Waals surface area contributed by atoms with E-state index in [0.717, 1.165) is 17.7 Å². The highest BCUT2D eigenvalue weighted by Crippen LogP contribution is 2.20. The second-order valence-electron chi connectivity index (χ2n) is 4.64. The van der Waals surface area contributed by atoms with E-state index in [1.54, 1.807) is 7.11 Å². The molecule has 4 nitrogen and oxygen atoms in total. The van der Waals surface area contributed by atoms with Gasteiger partial charge < -0.3 is 15.8 Å². The maximum Gasteiger partial charge on any atom is 0.233 e. The molecule has 1 unspecified atom stereocenters. The van der Waals surface area contributed by atoms with Crippen LogP contribution in [0.2, 0.25) is 0 Å². The average molecular weight is 250 g/mol. The lowest BCUT2D eigenvalue weighted by Crippen LogP contribution is -2.43. The number of methoxy groups -OCH3 is 1. The molecule has 0 radical (unpaired) electrons. The molecule has 0 heterocycles. The van der Waals surface area contributed by atoms with Crippen molar-refractivity contribution in [1.29, 1.82) is 0 Å². The number of hydrogen-bond donors (Lipinski definition) is 2. The van der Waals surface area contributed by atoms with Crippen molar-refractivity contribution in [2.24, 2.45) is 11.7 Å². The van der Waals surface area contributed by atoms with Crippen molar-refractivity contribution in [3.8, 4) is 5.75 Å². The number of hydrogen-bond acceptors (Lipinski definition) is 3. The SMILES string of the molecule is COc1ccccc1CC(NC(=O)CN)C(C)C. The highest BCUT2D eigenvalue weighted by Gasteiger charge is 2.17. The third kappa shape index (κ3) is 4.04. The minimum absolute atomic E-state index is 0.0230. The van der Waals surface area contributed by atoms with Gasteiger partial charge in [-0.3, -0.25) is 4.79 Å². The van der Waals surface area contributed by atoms with Gasteiger partial charge in [-0.2, -0.15) is 0 Å². The van der Waals surface area contributed by atoms with Crippen molar-refractivity contribution >= 4 is 5.91 Å². The summed E-state index contributed by atoms with van der Waals surface area (Å²) in [6.45, 7) is 4.18. The lowest BCUT2D eigenvalue weighted by atomic mass is 9.96. The molecule has 0 bridgehead atoms. The molecular formula is C14H22N2O2. The minimum atomic E-state index is -0.122. The molecule has 1 aromatic carbocycles. The molecule has 0 aromatic heterocycles. The Hall–Kier alpha value is -1.55. The molecule has 1 aromatic rings. The number of nitrogens with one attached hydrogen (secondary N) is 1. The number of amides is 1. The van der Waals surface area contributed by atoms with Crippen LogP contribution in [0.1, 0.15) is 19.4 Å². The number of nitrogens with two attached hydrogens (primary N) is 1. The maximum absolute atomic E-state index is 11.4. The van der Waals surface area contributed by atoms with Gasteiger partial charge in [0.2, 0.25) is 5.91 Å². The van der Waals surface area contributed by atoms with E-state index in [9.17, 15) is 4.79 Å². The molecule has 4 heteroatoms. The Balaban J connectivity index is 2.79. The van der Waals surface area contributed by atoms with E-state index in [1.165, 1.54) is 0 Å². The molecule has 1 rings (SSSR count). The van der Waals surface area contributed by atoms with E-state index >= 15 is 0 Å². The summed E-state index contributed by atoms with van der Waals surface area (Å²) >= 11 is 0. The van der Waals surface area contributed by atoms with Crippen LogP contribution in [0.25, 0.3) is 0 Å². The van der Waals surface area contributed by atoms with Crippen molar-refractivity contribution in [2.75, 3.05) is 13.7 Å². The van der Waals surface area contributed by atoms with Gasteiger partial charge in [-0.15, -0.1) is 0 Å². The zero-order chi connectivity index (χ0) is 13.5. The summed E-state index contributed by atoms with van der Waals surface area (Å²) in [6, 6.07) is 7.92. The maximum atomic E-state index is 11.4. The van der Waals surface area contributed by atoms with E-state index in [2.05, 4.69) is 19.2 Å². The van der Waals surface area contributed by atoms with Crippen molar-refractivity contribution < 1.29 is 9.53 Å². The Morgan fingerprint density at radius 2 is 2.06 bits per heavy atom. The highest BCUT2D eigenvalue weighted by atomic mass is 16.5. The van der Waals surface area contributed by atoms with Crippen LogP contribution in [0, 0.1) is 5.92 Å². The van der Waals surface area contributed by atoms with Gasteiger partial charge in [-0.25, -0.2) is 0 Å². The van der Waals surface area contributed by atoms with E-state index < -0.39 is 0 Å². The van der Waals surface area contributed by atoms with Crippen molar-refractivity contribution in [3.63, 3.8) is 0 Å². The molecule has 0 aliphatic heterocycles. The summed E-state index contributed by atoms with van der Waals surface area (Å²) in [5.41, 5.74) is 6.43. The molecule has 0 saturated carbocycles. The van der Waals surface area contributed by atoms with Gasteiger partial charge in [-0.1, -0.05) is 32.0 Å². The fourth-order valence-corrected chi connectivity index (χ4v) is 1.83. The molecule has 3 N–H and O–H groups in total. The van der Waals surface area contributed by atoms with Gasteiger partial charge in [0.25, 0.3) is 0 Å². The molecule has 1 amide bonds. The topological polar surface area (TPSA) is 64.3 Å². The van der Waals surface area contributed by atoms with Crippen LogP contribution in [0.4, 0.5) is 0 Å². The minimum Gasteiger partial charge on any atom is -0.496 e. The Kier molecular flexibility index (Phi) is 5.65. The molecule has 0 aliphatic rings. The van der Waals surface area contributed by atoms with Crippen LogP contribution >= 0.6 is 0 Å². The number of para-hydroxylation sites is 1. The fraction of sp³-hybridized carbons (Fsp3) is 0.500. The predicted octanol–water partition coefficient (Wildman–Crippen LogP) is 1.34. The zero-order valence-corrected chi connectivity index (χ0v) is 11.3. The zero-order valence-electron chi connectivity index (χ0n) is 11.3. The van der Waals surface area contributed by atoms with E-state index in [4.69, 9.17) is 10.5 Å². The van der Waals surface area contributed by atoms with Crippen molar-refractivity contribution in [2.45, 2.75) is 26.3 Å². The van der Waals surface area contributed by atoms with Gasteiger partial charge in [0.05, 0.1) is 13.7 Å². The first-order chi connectivity index (χ1) is 8.58. The first-order valence-corrected chi connectivity index (χ1v) is 6.19. The highest BCUT2D eigenvalue weighted by molar-refractivity contribution is 5.78. The Morgan fingerprint density at radius 3 is 2.61 bits per heavy atom. The van der Waals surface area contributed by atoms with E-state index in [-0.39, 0.29) is 18.5 Å². The smallest absolute Gasteiger partial charge is 0.233 e. The molecule has 0 saturated heterocycles. The Bertz CT molecular complexity index is 391. The second kappa shape index (κ2) is 7.01. The molecule has 100 valence electrons. The summed E-state index contributed by atoms with van der Waals surface area (Å²) in [5.74, 6) is 1.07. The molecular weight excluding hydrogens is 228 g/mol. The number of ether oxygens (including phenoxy) is 1. The van der Waals surface area contributed by atoms with Crippen LogP contribution in [-0.4, -0.2) is 25.6 Å². The van der Waals surface area contributed by atoms with Gasteiger partial charge in [0.1, 0.15) is 5.75 Å². The summed E-state index contributed by atoms with van der Waals surface area (Å²) in [5, 5.41) is 2.95. The summed E-state index contributed by atoms with van der Waals surface area (Å²) in [6.07, 6.45) is 0.743. The normalized spacial score (nSPS) is 12.3. The first kappa shape index (κ1) is 14.5. The number of rotatable bonds is 6. The molecule has 0 aliphatic carbocycles. The fourth-order valence-electron chi connectivity index (χ4n) is 1.83. The lowest BCUT2D eigenvalue weighted by Gasteiger charge is -2.23. The first-order valence-electron chi connectivity index (χ1n) is 6.19. The standard InChI is InChI=1S/C14H22N2O2/c1-10(2)12(16-14(17)9-15)8-11-6-4-5-7-13(11)18-3/h4-7,10,12H,8-9,15H2,1-3H3,(H,16,17). The predicted molar refractivity (Wildman–Crippen MR) is 72.5 cm³/mol. The van der Waals surface area contributed by atoms with Crippen LogP contribution in [-0.2, 0) is 11.2 Å². The largest absolute Gasteiger partial charge is 0.496 e. The Labute approximate surface area is 109 Å². The number of carbonyl (C=O) groups is 1. The van der Waals surface area contributed by atoms with Gasteiger partial charge in [-0.05, 0) is 24.0 Å². The molecule has 0 spiro atoms. The van der Waals surface area contributed by atoms with Gasteiger partial charge >= 0.3 is 0 Å². The summed E-state index contributed by atoms with van der Waals surface area (Å²) in [4.78, 5) is 11.4. The van der Waals surface area contributed by atoms with Crippen LogP contribution in [0.15, 0.2) is 24.3 Å². The van der Waals surface area contributed by atoms with Crippen LogP contribution in [0.3, 0.4) is 0 Å². The monoisotopic (exact) mass is 250 g/mol. The van der Waals surface area contributed by atoms with Crippen LogP contribution in [0.5, 0.6) is 5.75 Å². The second-order valence-corrected chi connectivity index (χ2v) is 4.64. The lowest BCUT2D eigenvalue weighted by molar-refractivity contribution is -0.120. The summed E-state index contributed by atoms with van der Waals surface area (Å²) < 4.78 is 5.32. The van der Waals surface area contributed by atoms with E-state index in [0.29, 0.717) is 5.92 Å². The molecule has 1 atom stereocenters. The quantitative estimate of drug-likeness (QED) is 0.800. The third-order valence-electron chi connectivity index (χ3n) is 2.97. The third-order valence-corrected chi connectivity index (χ3v) is 2.97. The summed E-state index contributed by atoms with van der Waals surface area (Å²) in [7, 11) is 1.65. The van der Waals surface area contributed by atoms with Crippen LogP contribution < -0.4 is 15.8 Å². The number of benzene rings is 1. The molecule has 18 heavy (non-hydrogen) atoms. The number of carbonyl (C=O) groups excluding carboxylic acids is 1. The van der Waals surface area contributed by atoms with Crippen molar-refractivity contribution in [3.05, 3.63) is 29.8 Å². The van der Waals surface area contributed by atoms with Crippen molar-refractivity contribution in [1.82, 2.24) is 5.32 Å². The Morgan fingerprint density at radius 1 is 1.39 bits per heavy atom.